The predicted octanol–water partition coefficient (Wildman–Crippen LogP) is 5.69. The van der Waals surface area contributed by atoms with Crippen LogP contribution in [0.4, 0.5) is 0 Å². The quantitative estimate of drug-likeness (QED) is 0.621. The molecule has 20 heavy (non-hydrogen) atoms. The summed E-state index contributed by atoms with van der Waals surface area (Å²) < 4.78 is 0. The molecule has 0 aliphatic heterocycles. The number of benzene rings is 2. The lowest BCUT2D eigenvalue weighted by molar-refractivity contribution is 0.960. The first-order valence-corrected chi connectivity index (χ1v) is 7.30. The van der Waals surface area contributed by atoms with E-state index >= 15 is 0 Å². The lowest BCUT2D eigenvalue weighted by Gasteiger charge is -2.07. The summed E-state index contributed by atoms with van der Waals surface area (Å²) in [4.78, 5) is 0. The van der Waals surface area contributed by atoms with Crippen molar-refractivity contribution in [3.8, 4) is 0 Å². The molecule has 0 heterocycles. The van der Waals surface area contributed by atoms with Crippen molar-refractivity contribution >= 4 is 5.57 Å². The zero-order valence-corrected chi connectivity index (χ0v) is 12.6. The highest BCUT2D eigenvalue weighted by molar-refractivity contribution is 5.79. The van der Waals surface area contributed by atoms with Crippen molar-refractivity contribution in [1.29, 1.82) is 0 Å². The zero-order chi connectivity index (χ0) is 14.4. The summed E-state index contributed by atoms with van der Waals surface area (Å²) in [5.41, 5.74) is 9.69. The minimum absolute atomic E-state index is 1.07. The van der Waals surface area contributed by atoms with Crippen LogP contribution in [0.25, 0.3) is 5.57 Å². The fourth-order valence-corrected chi connectivity index (χ4v) is 2.09. The molecular formula is C20H22. The van der Waals surface area contributed by atoms with Crippen LogP contribution in [0.15, 0.2) is 60.3 Å². The molecule has 0 aromatic heterocycles. The van der Waals surface area contributed by atoms with Gasteiger partial charge in [-0.2, -0.15) is 0 Å². The van der Waals surface area contributed by atoms with Crippen molar-refractivity contribution in [2.45, 2.75) is 33.6 Å². The second-order valence-electron chi connectivity index (χ2n) is 5.24. The van der Waals surface area contributed by atoms with E-state index in [9.17, 15) is 0 Å². The van der Waals surface area contributed by atoms with Gasteiger partial charge in [0.05, 0.1) is 0 Å². The Kier molecular flexibility index (Phi) is 4.98. The summed E-state index contributed by atoms with van der Waals surface area (Å²) in [7, 11) is 0. The summed E-state index contributed by atoms with van der Waals surface area (Å²) in [5, 5.41) is 0. The normalized spacial score (nSPS) is 9.95. The molecule has 2 aromatic rings. The smallest absolute Gasteiger partial charge is 0.0306 e. The van der Waals surface area contributed by atoms with Crippen LogP contribution in [0.5, 0.6) is 0 Å². The Morgan fingerprint density at radius 3 is 1.70 bits per heavy atom. The maximum atomic E-state index is 3.48. The van der Waals surface area contributed by atoms with Crippen molar-refractivity contribution in [1.82, 2.24) is 0 Å². The molecule has 0 fully saturated rings. The van der Waals surface area contributed by atoms with Crippen molar-refractivity contribution in [3.63, 3.8) is 0 Å². The third-order valence-corrected chi connectivity index (χ3v) is 3.36. The van der Waals surface area contributed by atoms with E-state index in [2.05, 4.69) is 81.1 Å². The molecule has 0 heteroatoms. The number of unbranched alkanes of at least 4 members (excludes halogenated alkanes) is 1. The van der Waals surface area contributed by atoms with Crippen LogP contribution in [-0.4, -0.2) is 0 Å². The van der Waals surface area contributed by atoms with Crippen LogP contribution < -0.4 is 0 Å². The largest absolute Gasteiger partial charge is 0.116 e. The Balaban J connectivity index is 2.47. The minimum Gasteiger partial charge on any atom is -0.116 e. The minimum atomic E-state index is 1.07. The summed E-state index contributed by atoms with van der Waals surface area (Å²) in [6.45, 7) is 6.42. The van der Waals surface area contributed by atoms with Gasteiger partial charge in [0, 0.05) is 5.57 Å². The van der Waals surface area contributed by atoms with E-state index in [1.807, 2.05) is 0 Å². The van der Waals surface area contributed by atoms with Crippen LogP contribution >= 0.6 is 0 Å². The van der Waals surface area contributed by atoms with Gasteiger partial charge in [-0.1, -0.05) is 73.0 Å². The highest BCUT2D eigenvalue weighted by Crippen LogP contribution is 2.23. The molecule has 2 aromatic carbocycles. The third-order valence-electron chi connectivity index (χ3n) is 3.36. The van der Waals surface area contributed by atoms with Gasteiger partial charge in [-0.15, -0.1) is 5.73 Å². The van der Waals surface area contributed by atoms with E-state index in [1.54, 1.807) is 0 Å². The second-order valence-corrected chi connectivity index (χ2v) is 5.24. The summed E-state index contributed by atoms with van der Waals surface area (Å²) in [6, 6.07) is 17.3. The molecule has 0 nitrogen and oxygen atoms in total. The first-order chi connectivity index (χ1) is 9.70. The van der Waals surface area contributed by atoms with Crippen molar-refractivity contribution in [2.24, 2.45) is 0 Å². The van der Waals surface area contributed by atoms with E-state index in [0.717, 1.165) is 12.8 Å². The lowest BCUT2D eigenvalue weighted by atomic mass is 9.97. The number of hydrogen-bond acceptors (Lipinski definition) is 0. The Hall–Kier alpha value is -2.04. The van der Waals surface area contributed by atoms with Crippen LogP contribution in [0.3, 0.4) is 0 Å². The summed E-state index contributed by atoms with van der Waals surface area (Å²) in [6.07, 6.45) is 4.37. The van der Waals surface area contributed by atoms with Crippen molar-refractivity contribution in [2.75, 3.05) is 0 Å². The predicted molar refractivity (Wildman–Crippen MR) is 87.9 cm³/mol. The molecule has 0 aliphatic rings. The van der Waals surface area contributed by atoms with Gasteiger partial charge < -0.3 is 0 Å². The summed E-state index contributed by atoms with van der Waals surface area (Å²) >= 11 is 0. The average Bonchev–Trinajstić information content (AvgIpc) is 2.46. The molecule has 0 radical (unpaired) electrons. The van der Waals surface area contributed by atoms with E-state index in [-0.39, 0.29) is 0 Å². The van der Waals surface area contributed by atoms with Gasteiger partial charge in [-0.05, 0) is 37.5 Å². The number of allylic oxidation sites excluding steroid dienone is 1. The zero-order valence-electron chi connectivity index (χ0n) is 12.6. The van der Waals surface area contributed by atoms with Crippen LogP contribution in [0, 0.1) is 13.8 Å². The highest BCUT2D eigenvalue weighted by atomic mass is 14.1. The molecule has 0 aliphatic carbocycles. The first-order valence-electron chi connectivity index (χ1n) is 7.30. The average molecular weight is 262 g/mol. The molecular weight excluding hydrogens is 240 g/mol. The maximum absolute atomic E-state index is 3.48. The van der Waals surface area contributed by atoms with Crippen molar-refractivity contribution in [3.05, 3.63) is 82.6 Å². The second kappa shape index (κ2) is 6.93. The van der Waals surface area contributed by atoms with Gasteiger partial charge in [-0.3, -0.25) is 0 Å². The fourth-order valence-electron chi connectivity index (χ4n) is 2.09. The molecule has 0 N–H and O–H groups in total. The molecule has 0 atom stereocenters. The number of rotatable bonds is 4. The van der Waals surface area contributed by atoms with Crippen molar-refractivity contribution < 1.29 is 0 Å². The first kappa shape index (κ1) is 14.4. The third kappa shape index (κ3) is 3.73. The number of aryl methyl sites for hydroxylation is 2. The van der Waals surface area contributed by atoms with E-state index < -0.39 is 0 Å². The van der Waals surface area contributed by atoms with Gasteiger partial charge in [0.2, 0.25) is 0 Å². The Labute approximate surface area is 122 Å². The van der Waals surface area contributed by atoms with Gasteiger partial charge >= 0.3 is 0 Å². The van der Waals surface area contributed by atoms with Gasteiger partial charge in [0.25, 0.3) is 0 Å². The molecule has 0 saturated carbocycles. The van der Waals surface area contributed by atoms with Gasteiger partial charge in [0.15, 0.2) is 0 Å². The number of hydrogen-bond donors (Lipinski definition) is 0. The van der Waals surface area contributed by atoms with Gasteiger partial charge in [-0.25, -0.2) is 0 Å². The molecule has 0 amide bonds. The lowest BCUT2D eigenvalue weighted by Crippen LogP contribution is -1.87. The van der Waals surface area contributed by atoms with E-state index in [4.69, 9.17) is 0 Å². The van der Waals surface area contributed by atoms with Gasteiger partial charge in [0.1, 0.15) is 0 Å². The Morgan fingerprint density at radius 2 is 1.30 bits per heavy atom. The molecule has 0 spiro atoms. The Morgan fingerprint density at radius 1 is 0.850 bits per heavy atom. The fraction of sp³-hybridized carbons (Fsp3) is 0.250. The SMILES string of the molecule is CCCC=C=C(c1ccc(C)cc1)c1ccc(C)cc1. The molecule has 0 bridgehead atoms. The molecule has 0 unspecified atom stereocenters. The molecule has 2 rings (SSSR count). The standard InChI is InChI=1S/C20H22/c1-4-5-6-7-20(18-12-8-16(2)9-13-18)19-14-10-17(3)11-15-19/h6,8-15H,4-5H2,1-3H3. The molecule has 102 valence electrons. The van der Waals surface area contributed by atoms with Crippen LogP contribution in [-0.2, 0) is 0 Å². The highest BCUT2D eigenvalue weighted by Gasteiger charge is 2.03. The summed E-state index contributed by atoms with van der Waals surface area (Å²) in [5.74, 6) is 0. The monoisotopic (exact) mass is 262 g/mol. The van der Waals surface area contributed by atoms with E-state index in [0.29, 0.717) is 0 Å². The topological polar surface area (TPSA) is 0 Å². The molecule has 0 saturated heterocycles. The Bertz CT molecular complexity index is 559. The van der Waals surface area contributed by atoms with Crippen LogP contribution in [0.2, 0.25) is 0 Å². The van der Waals surface area contributed by atoms with E-state index in [1.165, 1.54) is 27.8 Å². The maximum Gasteiger partial charge on any atom is 0.0306 e. The van der Waals surface area contributed by atoms with Crippen LogP contribution in [0.1, 0.15) is 42.0 Å².